The molecule has 3 heterocycles. The van der Waals surface area contributed by atoms with E-state index in [0.717, 1.165) is 16.7 Å². The highest BCUT2D eigenvalue weighted by molar-refractivity contribution is 6.76. The summed E-state index contributed by atoms with van der Waals surface area (Å²) in [6.07, 6.45) is -5.18. The third-order valence-corrected chi connectivity index (χ3v) is 8.59. The molecule has 1 saturated heterocycles. The molecule has 0 aliphatic carbocycles. The maximum Gasteiger partial charge on any atom is 0.407 e. The van der Waals surface area contributed by atoms with Crippen LogP contribution in [0.3, 0.4) is 0 Å². The highest BCUT2D eigenvalue weighted by Crippen LogP contribution is 2.64. The summed E-state index contributed by atoms with van der Waals surface area (Å²) in [6, 6.07) is 3.09. The fraction of sp³-hybridized carbons (Fsp3) is 0.500. The first-order valence-electron chi connectivity index (χ1n) is 11.4. The van der Waals surface area contributed by atoms with Gasteiger partial charge in [0.05, 0.1) is 47.2 Å². The second-order valence-electron chi connectivity index (χ2n) is 10.8. The molecule has 1 fully saturated rings. The topological polar surface area (TPSA) is 97.3 Å². The van der Waals surface area contributed by atoms with E-state index >= 15 is 0 Å². The zero-order valence-electron chi connectivity index (χ0n) is 20.6. The minimum atomic E-state index is -4.80. The molecule has 8 nitrogen and oxygen atoms in total. The van der Waals surface area contributed by atoms with Gasteiger partial charge in [0.25, 0.3) is 0 Å². The fourth-order valence-corrected chi connectivity index (χ4v) is 5.83. The van der Waals surface area contributed by atoms with Gasteiger partial charge < -0.3 is 25.0 Å². The van der Waals surface area contributed by atoms with Gasteiger partial charge in [-0.05, 0) is 32.0 Å². The van der Waals surface area contributed by atoms with E-state index < -0.39 is 60.6 Å². The van der Waals surface area contributed by atoms with Crippen molar-refractivity contribution < 1.29 is 37.7 Å². The zero-order chi connectivity index (χ0) is 26.8. The van der Waals surface area contributed by atoms with Gasteiger partial charge in [0.15, 0.2) is 5.69 Å². The van der Waals surface area contributed by atoms with Crippen LogP contribution in [0.1, 0.15) is 37.0 Å². The fourth-order valence-electron chi connectivity index (χ4n) is 5.12. The van der Waals surface area contributed by atoms with Crippen molar-refractivity contribution in [2.45, 2.75) is 69.4 Å². The predicted octanol–water partition coefficient (Wildman–Crippen LogP) is 5.76. The highest BCUT2D eigenvalue weighted by Gasteiger charge is 2.65. The van der Waals surface area contributed by atoms with E-state index in [1.807, 2.05) is 0 Å². The van der Waals surface area contributed by atoms with Crippen LogP contribution in [0.2, 0.25) is 25.7 Å². The molecular weight excluding hydrogens is 495 g/mol. The van der Waals surface area contributed by atoms with Crippen molar-refractivity contribution in [3.63, 3.8) is 0 Å². The number of carbonyl (C=O) groups is 1. The standard InChI is InChI=1S/C24H28F3N3O5Si/c1-22-12-16(29-21(33)34-9-10-36(4,5)6)23(2,35-22)18-17(22)19(31)30(20(18)32)13-7-8-15(28-3)14(11-13)24(25,26)27/h7-8,11,16,31-32H,9-10,12H2,1-2,4-6H3,(H,29,33)/t16-,22?,23?/m0/s1. The van der Waals surface area contributed by atoms with E-state index in [2.05, 4.69) is 29.8 Å². The molecule has 2 unspecified atom stereocenters. The number of fused-ring (bicyclic) bond motifs is 5. The molecule has 2 bridgehead atoms. The largest absolute Gasteiger partial charge is 0.494 e. The molecule has 1 aromatic heterocycles. The molecule has 2 aromatic rings. The second kappa shape index (κ2) is 8.17. The highest BCUT2D eigenvalue weighted by atomic mass is 28.3. The summed E-state index contributed by atoms with van der Waals surface area (Å²) in [5, 5.41) is 25.0. The molecular formula is C24H28F3N3O5Si. The Hall–Kier alpha value is -3.17. The maximum absolute atomic E-state index is 13.5. The SMILES string of the molecule is [C-]#[N+]c1ccc(-n2c(O)c3c(c2O)C2(C)OC3(C)C[C@@H]2NC(=O)OCC[Si](C)(C)C)cc1C(F)(F)F. The van der Waals surface area contributed by atoms with Crippen LogP contribution >= 0.6 is 0 Å². The summed E-state index contributed by atoms with van der Waals surface area (Å²) in [5.41, 5.74) is -3.89. The number of aromatic hydroxyl groups is 2. The lowest BCUT2D eigenvalue weighted by atomic mass is 9.76. The Labute approximate surface area is 207 Å². The van der Waals surface area contributed by atoms with Crippen LogP contribution in [0.4, 0.5) is 23.7 Å². The van der Waals surface area contributed by atoms with E-state index in [1.54, 1.807) is 13.8 Å². The molecule has 4 rings (SSSR count). The van der Waals surface area contributed by atoms with E-state index in [0.29, 0.717) is 6.07 Å². The molecule has 2 aliphatic rings. The van der Waals surface area contributed by atoms with Crippen molar-refractivity contribution in [2.75, 3.05) is 6.61 Å². The minimum absolute atomic E-state index is 0.166. The molecule has 3 atom stereocenters. The maximum atomic E-state index is 13.5. The number of alkyl carbamates (subject to hydrolysis) is 1. The number of amides is 1. The Kier molecular flexibility index (Phi) is 5.88. The lowest BCUT2D eigenvalue weighted by molar-refractivity contribution is -0.136. The van der Waals surface area contributed by atoms with Crippen molar-refractivity contribution >= 4 is 19.9 Å². The van der Waals surface area contributed by atoms with Crippen LogP contribution in [0.15, 0.2) is 18.2 Å². The van der Waals surface area contributed by atoms with Gasteiger partial charge in [-0.3, -0.25) is 4.57 Å². The van der Waals surface area contributed by atoms with Crippen LogP contribution in [0, 0.1) is 6.57 Å². The van der Waals surface area contributed by atoms with Crippen LogP contribution in [0.5, 0.6) is 11.8 Å². The number of ether oxygens (including phenoxy) is 2. The molecule has 194 valence electrons. The first-order chi connectivity index (χ1) is 16.5. The van der Waals surface area contributed by atoms with Crippen LogP contribution in [-0.4, -0.2) is 41.6 Å². The number of carbonyl (C=O) groups excluding carboxylic acids is 1. The Balaban J connectivity index is 1.70. The van der Waals surface area contributed by atoms with E-state index in [-0.39, 0.29) is 29.8 Å². The number of hydrogen-bond acceptors (Lipinski definition) is 5. The monoisotopic (exact) mass is 523 g/mol. The van der Waals surface area contributed by atoms with E-state index in [9.17, 15) is 28.2 Å². The van der Waals surface area contributed by atoms with Gasteiger partial charge in [-0.2, -0.15) is 13.2 Å². The van der Waals surface area contributed by atoms with Gasteiger partial charge in [0.2, 0.25) is 11.8 Å². The number of nitrogens with one attached hydrogen (secondary N) is 1. The van der Waals surface area contributed by atoms with Crippen LogP contribution in [-0.2, 0) is 26.9 Å². The smallest absolute Gasteiger partial charge is 0.407 e. The van der Waals surface area contributed by atoms with E-state index in [1.165, 1.54) is 6.07 Å². The predicted molar refractivity (Wildman–Crippen MR) is 127 cm³/mol. The lowest BCUT2D eigenvalue weighted by Crippen LogP contribution is -2.47. The quantitative estimate of drug-likeness (QED) is 0.342. The molecule has 36 heavy (non-hydrogen) atoms. The van der Waals surface area contributed by atoms with Gasteiger partial charge in [0.1, 0.15) is 5.60 Å². The van der Waals surface area contributed by atoms with Gasteiger partial charge in [0, 0.05) is 14.5 Å². The molecule has 3 N–H and O–H groups in total. The molecule has 12 heteroatoms. The summed E-state index contributed by atoms with van der Waals surface area (Å²) in [7, 11) is -1.40. The molecule has 2 aliphatic heterocycles. The van der Waals surface area contributed by atoms with Gasteiger partial charge in [-0.1, -0.05) is 25.7 Å². The van der Waals surface area contributed by atoms with Crippen LogP contribution in [0.25, 0.3) is 10.5 Å². The summed E-state index contributed by atoms with van der Waals surface area (Å²) >= 11 is 0. The first-order valence-corrected chi connectivity index (χ1v) is 15.1. The molecule has 0 radical (unpaired) electrons. The summed E-state index contributed by atoms with van der Waals surface area (Å²) in [4.78, 5) is 15.4. The third kappa shape index (κ3) is 4.10. The number of halogens is 3. The molecule has 0 spiro atoms. The average molecular weight is 524 g/mol. The normalized spacial score (nSPS) is 24.9. The summed E-state index contributed by atoms with van der Waals surface area (Å²) < 4.78 is 53.0. The zero-order valence-corrected chi connectivity index (χ0v) is 21.6. The lowest BCUT2D eigenvalue weighted by Gasteiger charge is -2.30. The van der Waals surface area contributed by atoms with Crippen molar-refractivity contribution in [3.05, 3.63) is 46.3 Å². The molecule has 0 saturated carbocycles. The van der Waals surface area contributed by atoms with Crippen molar-refractivity contribution in [1.82, 2.24) is 9.88 Å². The van der Waals surface area contributed by atoms with Gasteiger partial charge in [-0.25, -0.2) is 9.64 Å². The van der Waals surface area contributed by atoms with E-state index in [4.69, 9.17) is 16.0 Å². The third-order valence-electron chi connectivity index (χ3n) is 6.88. The first kappa shape index (κ1) is 25.9. The Bertz CT molecular complexity index is 1280. The molecule has 1 amide bonds. The van der Waals surface area contributed by atoms with Crippen LogP contribution < -0.4 is 5.32 Å². The Morgan fingerprint density at radius 2 is 1.92 bits per heavy atom. The minimum Gasteiger partial charge on any atom is -0.494 e. The number of alkyl halides is 3. The number of aromatic nitrogens is 1. The van der Waals surface area contributed by atoms with Gasteiger partial charge >= 0.3 is 12.3 Å². The number of benzene rings is 1. The summed E-state index contributed by atoms with van der Waals surface area (Å²) in [5.74, 6) is -0.968. The van der Waals surface area contributed by atoms with Crippen molar-refractivity contribution in [3.8, 4) is 17.4 Å². The molecule has 1 aromatic carbocycles. The van der Waals surface area contributed by atoms with Crippen molar-refractivity contribution in [1.29, 1.82) is 0 Å². The average Bonchev–Trinajstić information content (AvgIpc) is 3.26. The second-order valence-corrected chi connectivity index (χ2v) is 16.5. The van der Waals surface area contributed by atoms with Gasteiger partial charge in [-0.15, -0.1) is 0 Å². The Morgan fingerprint density at radius 3 is 2.50 bits per heavy atom. The number of nitrogens with zero attached hydrogens (tertiary/aromatic N) is 2. The summed E-state index contributed by atoms with van der Waals surface area (Å²) in [6.45, 7) is 17.1. The Morgan fingerprint density at radius 1 is 1.28 bits per heavy atom. The number of hydrogen-bond donors (Lipinski definition) is 3. The number of rotatable bonds is 5. The van der Waals surface area contributed by atoms with Crippen molar-refractivity contribution in [2.24, 2.45) is 0 Å².